The summed E-state index contributed by atoms with van der Waals surface area (Å²) in [4.78, 5) is 26.6. The molecule has 0 heterocycles. The monoisotopic (exact) mass is 427 g/mol. The normalized spacial score (nSPS) is 10.1. The van der Waals surface area contributed by atoms with Crippen molar-refractivity contribution in [3.63, 3.8) is 0 Å². The molecule has 0 fully saturated rings. The molecular weight excluding hydrogens is 402 g/mol. The minimum atomic E-state index is -0.221. The van der Waals surface area contributed by atoms with Gasteiger partial charge in [0.05, 0.1) is 12.5 Å². The second kappa shape index (κ2) is 11.9. The van der Waals surface area contributed by atoms with Crippen LogP contribution in [0.4, 0.5) is 5.69 Å². The third-order valence-corrected chi connectivity index (χ3v) is 4.80. The molecule has 3 aromatic carbocycles. The summed E-state index contributed by atoms with van der Waals surface area (Å²) < 4.78 is 5.92. The molecule has 0 saturated heterocycles. The maximum absolute atomic E-state index is 12.7. The third kappa shape index (κ3) is 6.71. The SMILES string of the molecule is N#CCCN(C(=O)CCC(=O)NCc1ccccc1Oc1ccccc1)c1ccccc1. The highest BCUT2D eigenvalue weighted by Crippen LogP contribution is 2.25. The number of nitrogens with one attached hydrogen (secondary N) is 1. The molecule has 0 unspecified atom stereocenters. The largest absolute Gasteiger partial charge is 0.457 e. The molecule has 6 heteroatoms. The van der Waals surface area contributed by atoms with Gasteiger partial charge >= 0.3 is 0 Å². The van der Waals surface area contributed by atoms with Crippen molar-refractivity contribution >= 4 is 17.5 Å². The molecule has 6 nitrogen and oxygen atoms in total. The summed E-state index contributed by atoms with van der Waals surface area (Å²) in [5.41, 5.74) is 1.57. The van der Waals surface area contributed by atoms with Crippen molar-refractivity contribution in [1.82, 2.24) is 5.32 Å². The summed E-state index contributed by atoms with van der Waals surface area (Å²) in [5.74, 6) is 0.979. The number of anilines is 1. The number of carbonyl (C=O) groups is 2. The van der Waals surface area contributed by atoms with E-state index in [0.717, 1.165) is 17.0 Å². The first kappa shape index (κ1) is 22.6. The van der Waals surface area contributed by atoms with Crippen LogP contribution in [0.1, 0.15) is 24.8 Å². The number of para-hydroxylation sites is 3. The number of nitriles is 1. The smallest absolute Gasteiger partial charge is 0.227 e. The Kier molecular flexibility index (Phi) is 8.41. The maximum Gasteiger partial charge on any atom is 0.227 e. The molecule has 1 N–H and O–H groups in total. The predicted octanol–water partition coefficient (Wildman–Crippen LogP) is 4.82. The van der Waals surface area contributed by atoms with Crippen molar-refractivity contribution in [2.75, 3.05) is 11.4 Å². The molecule has 0 aliphatic heterocycles. The van der Waals surface area contributed by atoms with Crippen molar-refractivity contribution in [2.24, 2.45) is 0 Å². The van der Waals surface area contributed by atoms with Crippen LogP contribution in [0.25, 0.3) is 0 Å². The Morgan fingerprint density at radius 3 is 2.25 bits per heavy atom. The van der Waals surface area contributed by atoms with Gasteiger partial charge in [-0.25, -0.2) is 0 Å². The lowest BCUT2D eigenvalue weighted by Gasteiger charge is -2.21. The van der Waals surface area contributed by atoms with E-state index >= 15 is 0 Å². The van der Waals surface area contributed by atoms with Crippen LogP contribution in [0, 0.1) is 11.3 Å². The van der Waals surface area contributed by atoms with Gasteiger partial charge in [0.1, 0.15) is 11.5 Å². The van der Waals surface area contributed by atoms with Crippen LogP contribution in [-0.4, -0.2) is 18.4 Å². The zero-order chi connectivity index (χ0) is 22.6. The maximum atomic E-state index is 12.7. The van der Waals surface area contributed by atoms with E-state index in [2.05, 4.69) is 11.4 Å². The second-order valence-corrected chi connectivity index (χ2v) is 7.09. The highest BCUT2D eigenvalue weighted by molar-refractivity contribution is 5.95. The van der Waals surface area contributed by atoms with Crippen molar-refractivity contribution in [3.05, 3.63) is 90.5 Å². The van der Waals surface area contributed by atoms with E-state index in [-0.39, 0.29) is 31.1 Å². The van der Waals surface area contributed by atoms with Crippen molar-refractivity contribution in [3.8, 4) is 17.6 Å². The Hall–Kier alpha value is -4.11. The molecule has 0 spiro atoms. The number of amides is 2. The molecule has 162 valence electrons. The van der Waals surface area contributed by atoms with Gasteiger partial charge in [-0.2, -0.15) is 5.26 Å². The Balaban J connectivity index is 1.54. The van der Waals surface area contributed by atoms with Gasteiger partial charge < -0.3 is 15.0 Å². The van der Waals surface area contributed by atoms with Crippen LogP contribution in [0.15, 0.2) is 84.9 Å². The average molecular weight is 428 g/mol. The number of ether oxygens (including phenoxy) is 1. The molecule has 3 rings (SSSR count). The minimum absolute atomic E-state index is 0.0638. The molecule has 0 radical (unpaired) electrons. The van der Waals surface area contributed by atoms with Crippen LogP contribution < -0.4 is 15.0 Å². The Bertz CT molecular complexity index is 1060. The summed E-state index contributed by atoms with van der Waals surface area (Å²) >= 11 is 0. The lowest BCUT2D eigenvalue weighted by atomic mass is 10.2. The molecule has 0 aliphatic carbocycles. The van der Waals surface area contributed by atoms with Gasteiger partial charge in [0, 0.05) is 37.2 Å². The average Bonchev–Trinajstić information content (AvgIpc) is 2.84. The second-order valence-electron chi connectivity index (χ2n) is 7.09. The number of carbonyl (C=O) groups excluding carboxylic acids is 2. The molecular formula is C26H25N3O3. The summed E-state index contributed by atoms with van der Waals surface area (Å²) in [7, 11) is 0. The van der Waals surface area contributed by atoms with Crippen LogP contribution in [0.3, 0.4) is 0 Å². The van der Waals surface area contributed by atoms with E-state index in [4.69, 9.17) is 10.00 Å². The topological polar surface area (TPSA) is 82.4 Å². The molecule has 3 aromatic rings. The first-order valence-corrected chi connectivity index (χ1v) is 10.5. The summed E-state index contributed by atoms with van der Waals surface area (Å²) in [5, 5.41) is 11.8. The van der Waals surface area contributed by atoms with E-state index in [1.54, 1.807) is 4.90 Å². The van der Waals surface area contributed by atoms with Gasteiger partial charge in [-0.05, 0) is 30.3 Å². The lowest BCUT2D eigenvalue weighted by Crippen LogP contribution is -2.33. The lowest BCUT2D eigenvalue weighted by molar-refractivity contribution is -0.125. The molecule has 32 heavy (non-hydrogen) atoms. The van der Waals surface area contributed by atoms with E-state index in [1.165, 1.54) is 0 Å². The fraction of sp³-hybridized carbons (Fsp3) is 0.192. The zero-order valence-corrected chi connectivity index (χ0v) is 17.7. The van der Waals surface area contributed by atoms with Crippen LogP contribution >= 0.6 is 0 Å². The first-order valence-electron chi connectivity index (χ1n) is 10.5. The third-order valence-electron chi connectivity index (χ3n) is 4.80. The molecule has 0 aliphatic rings. The Morgan fingerprint density at radius 1 is 0.875 bits per heavy atom. The Morgan fingerprint density at radius 2 is 1.53 bits per heavy atom. The van der Waals surface area contributed by atoms with E-state index in [9.17, 15) is 9.59 Å². The van der Waals surface area contributed by atoms with Gasteiger partial charge in [0.25, 0.3) is 0 Å². The van der Waals surface area contributed by atoms with Crippen molar-refractivity contribution in [2.45, 2.75) is 25.8 Å². The van der Waals surface area contributed by atoms with Gasteiger partial charge in [0.2, 0.25) is 11.8 Å². The van der Waals surface area contributed by atoms with Crippen molar-refractivity contribution in [1.29, 1.82) is 5.26 Å². The highest BCUT2D eigenvalue weighted by atomic mass is 16.5. The van der Waals surface area contributed by atoms with Crippen LogP contribution in [-0.2, 0) is 16.1 Å². The summed E-state index contributed by atoms with van der Waals surface area (Å²) in [6.45, 7) is 0.595. The van der Waals surface area contributed by atoms with Gasteiger partial charge in [-0.15, -0.1) is 0 Å². The van der Waals surface area contributed by atoms with Gasteiger partial charge in [0.15, 0.2) is 0 Å². The van der Waals surface area contributed by atoms with Crippen molar-refractivity contribution < 1.29 is 14.3 Å². The number of nitrogens with zero attached hydrogens (tertiary/aromatic N) is 2. The predicted molar refractivity (Wildman–Crippen MR) is 123 cm³/mol. The minimum Gasteiger partial charge on any atom is -0.457 e. The fourth-order valence-electron chi connectivity index (χ4n) is 3.17. The van der Waals surface area contributed by atoms with Crippen LogP contribution in [0.5, 0.6) is 11.5 Å². The standard InChI is InChI=1S/C26H25N3O3/c27-18-9-19-29(22-11-3-1-4-12-22)26(31)17-16-25(30)28-20-21-10-7-8-15-24(21)32-23-13-5-2-6-14-23/h1-8,10-15H,9,16-17,19-20H2,(H,28,30). The molecule has 2 amide bonds. The Labute approximate surface area is 188 Å². The first-order chi connectivity index (χ1) is 15.7. The van der Waals surface area contributed by atoms with E-state index < -0.39 is 0 Å². The van der Waals surface area contributed by atoms with E-state index in [0.29, 0.717) is 18.8 Å². The molecule has 0 bridgehead atoms. The van der Waals surface area contributed by atoms with Gasteiger partial charge in [-0.1, -0.05) is 54.6 Å². The van der Waals surface area contributed by atoms with E-state index in [1.807, 2.05) is 84.9 Å². The number of hydrogen-bond donors (Lipinski definition) is 1. The molecule has 0 atom stereocenters. The highest BCUT2D eigenvalue weighted by Gasteiger charge is 2.17. The number of rotatable bonds is 10. The van der Waals surface area contributed by atoms with Crippen LogP contribution in [0.2, 0.25) is 0 Å². The zero-order valence-electron chi connectivity index (χ0n) is 17.7. The summed E-state index contributed by atoms with van der Waals surface area (Å²) in [6.07, 6.45) is 0.357. The molecule has 0 saturated carbocycles. The van der Waals surface area contributed by atoms with Gasteiger partial charge in [-0.3, -0.25) is 9.59 Å². The summed E-state index contributed by atoms with van der Waals surface area (Å²) in [6, 6.07) is 28.2. The quantitative estimate of drug-likeness (QED) is 0.503. The number of hydrogen-bond acceptors (Lipinski definition) is 4. The fourth-order valence-corrected chi connectivity index (χ4v) is 3.17. The number of benzene rings is 3. The molecule has 0 aromatic heterocycles.